The molecule has 0 unspecified atom stereocenters. The lowest BCUT2D eigenvalue weighted by molar-refractivity contribution is 0.669. The van der Waals surface area contributed by atoms with Crippen LogP contribution in [0.2, 0.25) is 0 Å². The highest BCUT2D eigenvalue weighted by Gasteiger charge is 2.31. The minimum atomic E-state index is 0.573. The van der Waals surface area contributed by atoms with Gasteiger partial charge in [-0.05, 0) is 65.7 Å². The van der Waals surface area contributed by atoms with E-state index in [9.17, 15) is 0 Å². The van der Waals surface area contributed by atoms with Crippen molar-refractivity contribution < 1.29 is 4.42 Å². The van der Waals surface area contributed by atoms with Crippen LogP contribution in [0.4, 0.5) is 0 Å². The van der Waals surface area contributed by atoms with E-state index in [0.29, 0.717) is 17.5 Å². The summed E-state index contributed by atoms with van der Waals surface area (Å²) < 4.78 is 14.1. The maximum absolute atomic E-state index is 6.82. The van der Waals surface area contributed by atoms with Crippen molar-refractivity contribution in [2.75, 3.05) is 0 Å². The van der Waals surface area contributed by atoms with E-state index in [0.717, 1.165) is 144 Å². The number of para-hydroxylation sites is 7. The first-order valence-electron chi connectivity index (χ1n) is 27.6. The van der Waals surface area contributed by atoms with Gasteiger partial charge in [0, 0.05) is 70.9 Å². The van der Waals surface area contributed by atoms with Gasteiger partial charge in [-0.25, -0.2) is 19.9 Å². The highest BCUT2D eigenvalue weighted by molar-refractivity contribution is 6.15. The third kappa shape index (κ3) is 6.98. The molecule has 6 heterocycles. The average molecular weight is 1050 g/mol. The van der Waals surface area contributed by atoms with E-state index in [-0.39, 0.29) is 0 Å². The number of rotatable bonds is 8. The Labute approximate surface area is 469 Å². The van der Waals surface area contributed by atoms with E-state index in [1.165, 1.54) is 0 Å². The van der Waals surface area contributed by atoms with Crippen LogP contribution in [0, 0.1) is 0 Å². The van der Waals surface area contributed by atoms with Crippen molar-refractivity contribution in [1.29, 1.82) is 0 Å². The number of hydrogen-bond donors (Lipinski definition) is 0. The molecule has 0 N–H and O–H groups in total. The second-order valence-corrected chi connectivity index (χ2v) is 20.9. The van der Waals surface area contributed by atoms with Crippen LogP contribution >= 0.6 is 0 Å². The number of nitrogens with zero attached hydrogens (tertiary/aromatic N) is 7. The first kappa shape index (κ1) is 45.8. The number of aromatic nitrogens is 7. The summed E-state index contributed by atoms with van der Waals surface area (Å²) in [5.74, 6) is 3.32. The zero-order valence-electron chi connectivity index (χ0n) is 44.0. The maximum Gasteiger partial charge on any atom is 0.165 e. The highest BCUT2D eigenvalue weighted by atomic mass is 16.3. The third-order valence-corrected chi connectivity index (χ3v) is 16.3. The van der Waals surface area contributed by atoms with Crippen LogP contribution in [0.25, 0.3) is 161 Å². The van der Waals surface area contributed by atoms with Crippen LogP contribution in [0.3, 0.4) is 0 Å². The summed E-state index contributed by atoms with van der Waals surface area (Å²) in [5, 5.41) is 8.94. The normalized spacial score (nSPS) is 11.9. The molecule has 0 radical (unpaired) electrons. The SMILES string of the molecule is c1ccc(-c2nc(-c3ccccc3)nc(-c3ccc(-c4c(-c5ccc6c(c5)oc5ccccc56)c(-n5c6ccccc6c6ccccc65)nc(-n5c6ccccc6c6ccccc65)c4-n4c5ccccc5c5ccccc54)cc3)n2)cc1. The number of pyridine rings is 1. The summed E-state index contributed by atoms with van der Waals surface area (Å²) in [5.41, 5.74) is 15.3. The summed E-state index contributed by atoms with van der Waals surface area (Å²) in [6.45, 7) is 0. The van der Waals surface area contributed by atoms with Gasteiger partial charge in [0.2, 0.25) is 0 Å². The fourth-order valence-electron chi connectivity index (χ4n) is 12.7. The Bertz CT molecular complexity index is 5180. The Hall–Kier alpha value is -11.2. The van der Waals surface area contributed by atoms with E-state index in [4.69, 9.17) is 24.4 Å². The Morgan fingerprint density at radius 1 is 0.232 bits per heavy atom. The van der Waals surface area contributed by atoms with E-state index in [1.807, 2.05) is 72.8 Å². The van der Waals surface area contributed by atoms with Crippen molar-refractivity contribution in [3.05, 3.63) is 273 Å². The molecule has 8 heteroatoms. The molecule has 0 bridgehead atoms. The highest BCUT2D eigenvalue weighted by Crippen LogP contribution is 2.50. The zero-order valence-corrected chi connectivity index (χ0v) is 44.0. The standard InChI is InChI=1S/C74H45N7O/c1-3-21-47(22-4-1)70-75-71(48-23-5-2-6-24-48)77-72(76-70)49-41-39-46(40-42-49)67-68(50-43-44-58-57-31-13-20-38-65(57)82-66(58)45-50)73(80-61-34-16-9-27-53(61)54-28-10-17-35-62(54)80)78-74(81-63-36-18-11-29-55(63)56-30-12-19-37-64(56)81)69(67)79-59-32-14-7-25-51(59)52-26-8-15-33-60(52)79/h1-45H. The lowest BCUT2D eigenvalue weighted by Gasteiger charge is -2.26. The number of hydrogen-bond acceptors (Lipinski definition) is 5. The molecule has 0 aliphatic heterocycles. The molecular weight excluding hydrogens is 1000 g/mol. The molecule has 0 fully saturated rings. The maximum atomic E-state index is 6.82. The van der Waals surface area contributed by atoms with Crippen molar-refractivity contribution in [3.8, 4) is 73.7 Å². The van der Waals surface area contributed by atoms with Crippen LogP contribution < -0.4 is 0 Å². The van der Waals surface area contributed by atoms with Gasteiger partial charge in [0.05, 0.1) is 38.8 Å². The van der Waals surface area contributed by atoms with Crippen molar-refractivity contribution in [1.82, 2.24) is 33.6 Å². The van der Waals surface area contributed by atoms with E-state index < -0.39 is 0 Å². The van der Waals surface area contributed by atoms with Gasteiger partial charge < -0.3 is 8.98 Å². The second-order valence-electron chi connectivity index (χ2n) is 20.9. The molecular formula is C74H45N7O. The fraction of sp³-hybridized carbons (Fsp3) is 0. The van der Waals surface area contributed by atoms with Gasteiger partial charge in [-0.3, -0.25) is 9.13 Å². The van der Waals surface area contributed by atoms with Crippen molar-refractivity contribution >= 4 is 87.4 Å². The molecule has 17 rings (SSSR count). The Morgan fingerprint density at radius 2 is 0.573 bits per heavy atom. The van der Waals surface area contributed by atoms with Gasteiger partial charge in [0.1, 0.15) is 17.0 Å². The number of furan rings is 1. The molecule has 82 heavy (non-hydrogen) atoms. The van der Waals surface area contributed by atoms with Gasteiger partial charge in [0.25, 0.3) is 0 Å². The average Bonchev–Trinajstić information content (AvgIpc) is 3.03. The van der Waals surface area contributed by atoms with Crippen LogP contribution in [0.5, 0.6) is 0 Å². The van der Waals surface area contributed by atoms with Crippen LogP contribution in [-0.2, 0) is 0 Å². The molecule has 0 spiro atoms. The predicted octanol–water partition coefficient (Wildman–Crippen LogP) is 18.8. The van der Waals surface area contributed by atoms with Gasteiger partial charge >= 0.3 is 0 Å². The minimum absolute atomic E-state index is 0.573. The van der Waals surface area contributed by atoms with E-state index in [2.05, 4.69) is 214 Å². The minimum Gasteiger partial charge on any atom is -0.456 e. The van der Waals surface area contributed by atoms with Gasteiger partial charge in [-0.15, -0.1) is 0 Å². The monoisotopic (exact) mass is 1050 g/mol. The Morgan fingerprint density at radius 3 is 1.04 bits per heavy atom. The zero-order chi connectivity index (χ0) is 53.8. The molecule has 0 atom stereocenters. The summed E-state index contributed by atoms with van der Waals surface area (Å²) in [6, 6.07) is 96.5. The summed E-state index contributed by atoms with van der Waals surface area (Å²) in [4.78, 5) is 21.7. The molecule has 8 nitrogen and oxygen atoms in total. The summed E-state index contributed by atoms with van der Waals surface area (Å²) in [6.07, 6.45) is 0. The van der Waals surface area contributed by atoms with Crippen molar-refractivity contribution in [3.63, 3.8) is 0 Å². The molecule has 0 saturated heterocycles. The molecule has 17 aromatic rings. The topological polar surface area (TPSA) is 79.5 Å². The second kappa shape index (κ2) is 18.2. The molecule has 382 valence electrons. The van der Waals surface area contributed by atoms with E-state index >= 15 is 0 Å². The van der Waals surface area contributed by atoms with Crippen LogP contribution in [0.15, 0.2) is 277 Å². The molecule has 0 aliphatic carbocycles. The lowest BCUT2D eigenvalue weighted by Crippen LogP contribution is -2.13. The molecule has 11 aromatic carbocycles. The summed E-state index contributed by atoms with van der Waals surface area (Å²) in [7, 11) is 0. The predicted molar refractivity (Wildman–Crippen MR) is 335 cm³/mol. The largest absolute Gasteiger partial charge is 0.456 e. The number of fused-ring (bicyclic) bond motifs is 12. The molecule has 0 amide bonds. The Kier molecular flexibility index (Phi) is 10.1. The quantitative estimate of drug-likeness (QED) is 0.151. The summed E-state index contributed by atoms with van der Waals surface area (Å²) >= 11 is 0. The Balaban J connectivity index is 1.07. The van der Waals surface area contributed by atoms with Gasteiger partial charge in [-0.1, -0.05) is 218 Å². The molecule has 6 aromatic heterocycles. The third-order valence-electron chi connectivity index (χ3n) is 16.3. The van der Waals surface area contributed by atoms with Crippen molar-refractivity contribution in [2.24, 2.45) is 0 Å². The van der Waals surface area contributed by atoms with Crippen LogP contribution in [0.1, 0.15) is 0 Å². The molecule has 0 saturated carbocycles. The lowest BCUT2D eigenvalue weighted by atomic mass is 9.91. The number of benzene rings is 11. The van der Waals surface area contributed by atoms with E-state index in [1.54, 1.807) is 0 Å². The first-order valence-corrected chi connectivity index (χ1v) is 27.6. The van der Waals surface area contributed by atoms with Gasteiger partial charge in [-0.2, -0.15) is 0 Å². The smallest absolute Gasteiger partial charge is 0.165 e. The van der Waals surface area contributed by atoms with Gasteiger partial charge in [0.15, 0.2) is 23.3 Å². The van der Waals surface area contributed by atoms with Crippen LogP contribution in [-0.4, -0.2) is 33.6 Å². The fourth-order valence-corrected chi connectivity index (χ4v) is 12.7. The van der Waals surface area contributed by atoms with Crippen molar-refractivity contribution in [2.45, 2.75) is 0 Å². The molecule has 0 aliphatic rings. The first-order chi connectivity index (χ1) is 40.7.